The van der Waals surface area contributed by atoms with E-state index in [0.717, 1.165) is 10.5 Å². The topological polar surface area (TPSA) is 75.7 Å². The molecule has 0 spiro atoms. The van der Waals surface area contributed by atoms with Gasteiger partial charge in [-0.05, 0) is 36.6 Å². The lowest BCUT2D eigenvalue weighted by Gasteiger charge is -2.25. The fourth-order valence-corrected chi connectivity index (χ4v) is 3.71. The molecule has 0 aliphatic carbocycles. The smallest absolute Gasteiger partial charge is 0.262 e. The molecule has 1 N–H and O–H groups in total. The molecule has 0 saturated carbocycles. The van der Waals surface area contributed by atoms with Crippen molar-refractivity contribution in [3.8, 4) is 5.75 Å². The van der Waals surface area contributed by atoms with Gasteiger partial charge in [-0.2, -0.15) is 11.8 Å². The summed E-state index contributed by atoms with van der Waals surface area (Å²) in [6.07, 6.45) is 2.32. The van der Waals surface area contributed by atoms with Crippen molar-refractivity contribution in [1.29, 1.82) is 0 Å². The third kappa shape index (κ3) is 3.89. The van der Waals surface area contributed by atoms with Crippen LogP contribution in [0.3, 0.4) is 0 Å². The Bertz CT molecular complexity index is 864. The molecule has 0 aromatic heterocycles. The maximum Gasteiger partial charge on any atom is 0.262 e. The van der Waals surface area contributed by atoms with E-state index in [-0.39, 0.29) is 12.5 Å². The van der Waals surface area contributed by atoms with Crippen LogP contribution in [0.15, 0.2) is 48.5 Å². The van der Waals surface area contributed by atoms with Crippen LogP contribution in [0, 0.1) is 0 Å². The number of rotatable bonds is 8. The summed E-state index contributed by atoms with van der Waals surface area (Å²) in [7, 11) is 1.57. The molecule has 1 aliphatic heterocycles. The molecule has 0 bridgehead atoms. The number of carbonyl (C=O) groups excluding carboxylic acids is 3. The van der Waals surface area contributed by atoms with Gasteiger partial charge in [-0.15, -0.1) is 0 Å². The lowest BCUT2D eigenvalue weighted by atomic mass is 10.1. The van der Waals surface area contributed by atoms with Crippen LogP contribution in [-0.2, 0) is 11.3 Å². The zero-order chi connectivity index (χ0) is 20.1. The van der Waals surface area contributed by atoms with Crippen LogP contribution in [0.1, 0.15) is 32.7 Å². The van der Waals surface area contributed by atoms with Crippen LogP contribution in [0.5, 0.6) is 5.75 Å². The molecule has 146 valence electrons. The number of ether oxygens (including phenoxy) is 1. The monoisotopic (exact) mass is 398 g/mol. The molecule has 2 aromatic carbocycles. The molecule has 1 atom stereocenters. The second kappa shape index (κ2) is 8.93. The van der Waals surface area contributed by atoms with Gasteiger partial charge < -0.3 is 10.1 Å². The maximum atomic E-state index is 12.9. The maximum absolute atomic E-state index is 12.9. The van der Waals surface area contributed by atoms with Crippen molar-refractivity contribution in [2.24, 2.45) is 0 Å². The number of hydrogen-bond acceptors (Lipinski definition) is 5. The molecule has 0 radical (unpaired) electrons. The van der Waals surface area contributed by atoms with E-state index in [9.17, 15) is 14.4 Å². The standard InChI is InChI=1S/C21H22N2O4S/c1-27-18-10-6-3-7-14(18)13-22-19(24)17(11-12-28-2)23-20(25)15-8-4-5-9-16(15)21(23)26/h3-10,17H,11-13H2,1-2H3,(H,22,24). The summed E-state index contributed by atoms with van der Waals surface area (Å²) in [5, 5.41) is 2.85. The van der Waals surface area contributed by atoms with Crippen molar-refractivity contribution in [3.05, 3.63) is 65.2 Å². The van der Waals surface area contributed by atoms with Gasteiger partial charge in [0, 0.05) is 12.1 Å². The fraction of sp³-hybridized carbons (Fsp3) is 0.286. The van der Waals surface area contributed by atoms with Crippen molar-refractivity contribution in [3.63, 3.8) is 0 Å². The van der Waals surface area contributed by atoms with E-state index in [1.165, 1.54) is 0 Å². The Kier molecular flexibility index (Phi) is 6.36. The summed E-state index contributed by atoms with van der Waals surface area (Å²) in [5.74, 6) is 0.136. The van der Waals surface area contributed by atoms with Crippen molar-refractivity contribution in [1.82, 2.24) is 10.2 Å². The van der Waals surface area contributed by atoms with Gasteiger partial charge in [0.15, 0.2) is 0 Å². The molecular formula is C21H22N2O4S. The number of thioether (sulfide) groups is 1. The quantitative estimate of drug-likeness (QED) is 0.692. The number of carbonyl (C=O) groups is 3. The highest BCUT2D eigenvalue weighted by Crippen LogP contribution is 2.26. The summed E-state index contributed by atoms with van der Waals surface area (Å²) in [6, 6.07) is 13.2. The minimum absolute atomic E-state index is 0.252. The van der Waals surface area contributed by atoms with E-state index in [1.54, 1.807) is 43.1 Å². The first-order chi connectivity index (χ1) is 13.6. The molecule has 1 heterocycles. The Labute approximate surface area is 168 Å². The van der Waals surface area contributed by atoms with Gasteiger partial charge in [-0.1, -0.05) is 30.3 Å². The van der Waals surface area contributed by atoms with Crippen LogP contribution in [0.25, 0.3) is 0 Å². The first-order valence-corrected chi connectivity index (χ1v) is 10.3. The van der Waals surface area contributed by atoms with E-state index in [2.05, 4.69) is 5.32 Å². The molecule has 0 saturated heterocycles. The van der Waals surface area contributed by atoms with Gasteiger partial charge in [0.1, 0.15) is 11.8 Å². The predicted molar refractivity (Wildman–Crippen MR) is 109 cm³/mol. The molecule has 3 rings (SSSR count). The summed E-state index contributed by atoms with van der Waals surface area (Å²) in [4.78, 5) is 39.6. The largest absolute Gasteiger partial charge is 0.496 e. The lowest BCUT2D eigenvalue weighted by molar-refractivity contribution is -0.125. The van der Waals surface area contributed by atoms with Gasteiger partial charge >= 0.3 is 0 Å². The molecule has 1 unspecified atom stereocenters. The number of nitrogens with zero attached hydrogens (tertiary/aromatic N) is 1. The average Bonchev–Trinajstić information content (AvgIpc) is 2.98. The van der Waals surface area contributed by atoms with Crippen LogP contribution in [0.4, 0.5) is 0 Å². The SMILES string of the molecule is COc1ccccc1CNC(=O)C(CCSC)N1C(=O)c2ccccc2C1=O. The third-order valence-corrected chi connectivity index (χ3v) is 5.32. The Morgan fingerprint density at radius 2 is 1.68 bits per heavy atom. The highest BCUT2D eigenvalue weighted by molar-refractivity contribution is 7.98. The first kappa shape index (κ1) is 19.9. The number of para-hydroxylation sites is 1. The summed E-state index contributed by atoms with van der Waals surface area (Å²) < 4.78 is 5.31. The number of benzene rings is 2. The zero-order valence-corrected chi connectivity index (χ0v) is 16.6. The van der Waals surface area contributed by atoms with Gasteiger partial charge in [0.25, 0.3) is 11.8 Å². The number of methoxy groups -OCH3 is 1. The minimum atomic E-state index is -0.852. The zero-order valence-electron chi connectivity index (χ0n) is 15.8. The second-order valence-electron chi connectivity index (χ2n) is 6.35. The van der Waals surface area contributed by atoms with Gasteiger partial charge in [-0.3, -0.25) is 19.3 Å². The van der Waals surface area contributed by atoms with Crippen molar-refractivity contribution in [2.45, 2.75) is 19.0 Å². The first-order valence-electron chi connectivity index (χ1n) is 8.94. The normalized spacial score (nSPS) is 14.0. The van der Waals surface area contributed by atoms with Crippen LogP contribution in [-0.4, -0.2) is 47.8 Å². The Morgan fingerprint density at radius 1 is 1.07 bits per heavy atom. The fourth-order valence-electron chi connectivity index (χ4n) is 3.25. The molecule has 6 nitrogen and oxygen atoms in total. The van der Waals surface area contributed by atoms with E-state index in [1.807, 2.05) is 30.5 Å². The Morgan fingerprint density at radius 3 is 2.29 bits per heavy atom. The molecule has 3 amide bonds. The van der Waals surface area contributed by atoms with Crippen molar-refractivity contribution < 1.29 is 19.1 Å². The number of fused-ring (bicyclic) bond motifs is 1. The molecular weight excluding hydrogens is 376 g/mol. The van der Waals surface area contributed by atoms with Gasteiger partial charge in [0.2, 0.25) is 5.91 Å². The van der Waals surface area contributed by atoms with E-state index >= 15 is 0 Å². The lowest BCUT2D eigenvalue weighted by Crippen LogP contribution is -2.49. The Balaban J connectivity index is 1.79. The summed E-state index contributed by atoms with van der Waals surface area (Å²) in [5.41, 5.74) is 1.52. The highest BCUT2D eigenvalue weighted by Gasteiger charge is 2.42. The number of nitrogens with one attached hydrogen (secondary N) is 1. The number of imide groups is 1. The van der Waals surface area contributed by atoms with E-state index in [0.29, 0.717) is 29.1 Å². The number of hydrogen-bond donors (Lipinski definition) is 1. The third-order valence-electron chi connectivity index (χ3n) is 4.68. The van der Waals surface area contributed by atoms with Crippen LogP contribution in [0.2, 0.25) is 0 Å². The minimum Gasteiger partial charge on any atom is -0.496 e. The molecule has 1 aliphatic rings. The molecule has 0 fully saturated rings. The van der Waals surface area contributed by atoms with Crippen molar-refractivity contribution >= 4 is 29.5 Å². The average molecular weight is 398 g/mol. The number of amides is 3. The van der Waals surface area contributed by atoms with E-state index in [4.69, 9.17) is 4.74 Å². The summed E-state index contributed by atoms with van der Waals surface area (Å²) >= 11 is 1.56. The molecule has 28 heavy (non-hydrogen) atoms. The molecule has 2 aromatic rings. The molecule has 7 heteroatoms. The van der Waals surface area contributed by atoms with Crippen LogP contribution < -0.4 is 10.1 Å². The van der Waals surface area contributed by atoms with Crippen LogP contribution >= 0.6 is 11.8 Å². The second-order valence-corrected chi connectivity index (χ2v) is 7.34. The van der Waals surface area contributed by atoms with Gasteiger partial charge in [-0.25, -0.2) is 0 Å². The Hall–Kier alpha value is -2.80. The highest BCUT2D eigenvalue weighted by atomic mass is 32.2. The van der Waals surface area contributed by atoms with Gasteiger partial charge in [0.05, 0.1) is 18.2 Å². The van der Waals surface area contributed by atoms with Crippen molar-refractivity contribution in [2.75, 3.05) is 19.1 Å². The summed E-state index contributed by atoms with van der Waals surface area (Å²) in [6.45, 7) is 0.252. The van der Waals surface area contributed by atoms with E-state index < -0.39 is 17.9 Å². The predicted octanol–water partition coefficient (Wildman–Crippen LogP) is 2.73.